The van der Waals surface area contributed by atoms with Gasteiger partial charge in [0, 0.05) is 24.8 Å². The molecule has 5 rings (SSSR count). The lowest BCUT2D eigenvalue weighted by Crippen LogP contribution is -2.64. The van der Waals surface area contributed by atoms with Crippen molar-refractivity contribution < 1.29 is 19.1 Å². The van der Waals surface area contributed by atoms with Gasteiger partial charge in [-0.05, 0) is 31.7 Å². The van der Waals surface area contributed by atoms with Gasteiger partial charge in [-0.2, -0.15) is 0 Å². The maximum Gasteiger partial charge on any atom is 0.343 e. The Morgan fingerprint density at radius 3 is 2.56 bits per heavy atom. The zero-order valence-electron chi connectivity index (χ0n) is 18.3. The van der Waals surface area contributed by atoms with E-state index in [0.717, 1.165) is 31.4 Å². The van der Waals surface area contributed by atoms with Gasteiger partial charge in [0.15, 0.2) is 11.4 Å². The van der Waals surface area contributed by atoms with E-state index in [1.807, 2.05) is 35.2 Å². The molecule has 2 aromatic rings. The minimum atomic E-state index is -0.735. The summed E-state index contributed by atoms with van der Waals surface area (Å²) in [5, 5.41) is 0. The van der Waals surface area contributed by atoms with Crippen molar-refractivity contribution in [2.45, 2.75) is 57.6 Å². The molecule has 2 fully saturated rings. The highest BCUT2D eigenvalue weighted by molar-refractivity contribution is 5.98. The van der Waals surface area contributed by atoms with E-state index in [9.17, 15) is 14.4 Å². The lowest BCUT2D eigenvalue weighted by molar-refractivity contribution is -0.0364. The van der Waals surface area contributed by atoms with Crippen LogP contribution in [-0.4, -0.2) is 58.1 Å². The summed E-state index contributed by atoms with van der Waals surface area (Å²) in [6.45, 7) is 3.59. The van der Waals surface area contributed by atoms with E-state index >= 15 is 0 Å². The molecule has 32 heavy (non-hydrogen) atoms. The van der Waals surface area contributed by atoms with Gasteiger partial charge in [-0.1, -0.05) is 30.3 Å². The lowest BCUT2D eigenvalue weighted by atomic mass is 10.0. The Balaban J connectivity index is 1.59. The van der Waals surface area contributed by atoms with Gasteiger partial charge in [-0.25, -0.2) is 4.79 Å². The molecule has 0 spiro atoms. The minimum Gasteiger partial charge on any atom is -0.483 e. The molecule has 8 nitrogen and oxygen atoms in total. The molecule has 1 saturated heterocycles. The van der Waals surface area contributed by atoms with E-state index < -0.39 is 11.4 Å². The van der Waals surface area contributed by atoms with E-state index in [-0.39, 0.29) is 41.7 Å². The highest BCUT2D eigenvalue weighted by Gasteiger charge is 2.47. The molecule has 8 heteroatoms. The van der Waals surface area contributed by atoms with Gasteiger partial charge in [-0.3, -0.25) is 14.5 Å². The van der Waals surface area contributed by atoms with Gasteiger partial charge < -0.3 is 18.9 Å². The maximum absolute atomic E-state index is 13.7. The summed E-state index contributed by atoms with van der Waals surface area (Å²) >= 11 is 0. The topological polar surface area (TPSA) is 81.1 Å². The Bertz CT molecular complexity index is 1110. The van der Waals surface area contributed by atoms with E-state index in [4.69, 9.17) is 9.47 Å². The second-order valence-corrected chi connectivity index (χ2v) is 8.77. The first-order chi connectivity index (χ1) is 15.5. The summed E-state index contributed by atoms with van der Waals surface area (Å²) in [6.07, 6.45) is 4.54. The summed E-state index contributed by atoms with van der Waals surface area (Å²) in [7, 11) is 1.24. The van der Waals surface area contributed by atoms with Gasteiger partial charge in [0.2, 0.25) is 5.43 Å². The van der Waals surface area contributed by atoms with Crippen LogP contribution < -0.4 is 10.2 Å². The molecule has 1 aliphatic carbocycles. The molecule has 1 unspecified atom stereocenters. The molecule has 1 aromatic heterocycles. The van der Waals surface area contributed by atoms with Crippen molar-refractivity contribution in [1.29, 1.82) is 0 Å². The fraction of sp³-hybridized carbons (Fsp3) is 0.458. The zero-order valence-corrected chi connectivity index (χ0v) is 18.3. The third-order valence-electron chi connectivity index (χ3n) is 6.67. The molecule has 168 valence electrons. The fourth-order valence-corrected chi connectivity index (χ4v) is 4.86. The average molecular weight is 437 g/mol. The van der Waals surface area contributed by atoms with E-state index in [1.54, 1.807) is 4.57 Å². The second kappa shape index (κ2) is 8.09. The van der Waals surface area contributed by atoms with Crippen LogP contribution in [0.4, 0.5) is 0 Å². The predicted molar refractivity (Wildman–Crippen MR) is 117 cm³/mol. The number of nitrogens with zero attached hydrogens (tertiary/aromatic N) is 3. The quantitative estimate of drug-likeness (QED) is 0.668. The number of esters is 1. The number of methoxy groups -OCH3 is 1. The molecule has 1 saturated carbocycles. The van der Waals surface area contributed by atoms with E-state index in [1.165, 1.54) is 13.3 Å². The third-order valence-corrected chi connectivity index (χ3v) is 6.67. The van der Waals surface area contributed by atoms with Crippen LogP contribution in [-0.2, 0) is 17.9 Å². The van der Waals surface area contributed by atoms with Gasteiger partial charge in [0.05, 0.1) is 13.7 Å². The first kappa shape index (κ1) is 20.8. The zero-order chi connectivity index (χ0) is 22.4. The van der Waals surface area contributed by atoms with Crippen molar-refractivity contribution >= 4 is 11.9 Å². The van der Waals surface area contributed by atoms with Gasteiger partial charge in [-0.15, -0.1) is 0 Å². The van der Waals surface area contributed by atoms with Crippen LogP contribution in [0, 0.1) is 0 Å². The molecule has 0 N–H and O–H groups in total. The minimum absolute atomic E-state index is 0.0635. The number of aromatic nitrogens is 1. The number of amides is 1. The van der Waals surface area contributed by atoms with Crippen molar-refractivity contribution in [3.8, 4) is 5.75 Å². The highest BCUT2D eigenvalue weighted by Crippen LogP contribution is 2.37. The SMILES string of the molecule is COC(=O)c1cn2c(c(OCc3ccccc3)c1=O)C(=O)N1C(C2)N(C2CC2)CC[C@@H]1C. The molecular weight excluding hydrogens is 410 g/mol. The molecule has 3 aliphatic rings. The Morgan fingerprint density at radius 2 is 1.88 bits per heavy atom. The maximum atomic E-state index is 13.7. The number of fused-ring (bicyclic) bond motifs is 2. The van der Waals surface area contributed by atoms with Crippen LogP contribution >= 0.6 is 0 Å². The summed E-state index contributed by atoms with van der Waals surface area (Å²) in [5.74, 6) is -1.05. The van der Waals surface area contributed by atoms with Crippen LogP contribution in [0.5, 0.6) is 5.75 Å². The van der Waals surface area contributed by atoms with E-state index in [2.05, 4.69) is 11.8 Å². The highest BCUT2D eigenvalue weighted by atomic mass is 16.5. The summed E-state index contributed by atoms with van der Waals surface area (Å²) < 4.78 is 12.5. The van der Waals surface area contributed by atoms with Crippen LogP contribution in [0.15, 0.2) is 41.3 Å². The molecular formula is C24H27N3O5. The standard InChI is InChI=1S/C24H27N3O5/c1-15-10-11-26(17-8-9-17)19-13-25-12-18(24(30)31-2)21(28)22(20(25)23(29)27(15)19)32-14-16-6-4-3-5-7-16/h3-7,12,15,17,19H,8-11,13-14H2,1-2H3/t15-,19?/m0/s1. The van der Waals surface area contributed by atoms with E-state index in [0.29, 0.717) is 12.6 Å². The van der Waals surface area contributed by atoms with Crippen LogP contribution in [0.3, 0.4) is 0 Å². The van der Waals surface area contributed by atoms with Gasteiger partial charge >= 0.3 is 5.97 Å². The molecule has 2 aliphatic heterocycles. The van der Waals surface area contributed by atoms with Crippen molar-refractivity contribution in [2.24, 2.45) is 0 Å². The average Bonchev–Trinajstić information content (AvgIpc) is 3.64. The van der Waals surface area contributed by atoms with Crippen molar-refractivity contribution in [3.63, 3.8) is 0 Å². The Kier molecular flexibility index (Phi) is 5.25. The second-order valence-electron chi connectivity index (χ2n) is 8.77. The van der Waals surface area contributed by atoms with Gasteiger partial charge in [0.1, 0.15) is 18.3 Å². The molecule has 2 atom stereocenters. The number of carbonyl (C=O) groups excluding carboxylic acids is 2. The molecule has 0 radical (unpaired) electrons. The predicted octanol–water partition coefficient (Wildman–Crippen LogP) is 2.25. The van der Waals surface area contributed by atoms with Crippen LogP contribution in [0.1, 0.15) is 52.6 Å². The Labute approximate surface area is 186 Å². The summed E-state index contributed by atoms with van der Waals surface area (Å²) in [5.41, 5.74) is 0.331. The first-order valence-corrected chi connectivity index (χ1v) is 11.1. The first-order valence-electron chi connectivity index (χ1n) is 11.1. The Hall–Kier alpha value is -3.13. The number of ether oxygens (including phenoxy) is 2. The molecule has 1 amide bonds. The Morgan fingerprint density at radius 1 is 1.12 bits per heavy atom. The molecule has 0 bridgehead atoms. The number of pyridine rings is 1. The smallest absolute Gasteiger partial charge is 0.343 e. The van der Waals surface area contributed by atoms with Crippen molar-refractivity contribution in [3.05, 3.63) is 63.6 Å². The van der Waals surface area contributed by atoms with Gasteiger partial charge in [0.25, 0.3) is 5.91 Å². The monoisotopic (exact) mass is 437 g/mol. The number of hydrogen-bond donors (Lipinski definition) is 0. The number of rotatable bonds is 5. The third kappa shape index (κ3) is 3.48. The molecule has 3 heterocycles. The number of hydrogen-bond acceptors (Lipinski definition) is 6. The number of carbonyl (C=O) groups is 2. The van der Waals surface area contributed by atoms with Crippen molar-refractivity contribution in [2.75, 3.05) is 13.7 Å². The lowest BCUT2D eigenvalue weighted by Gasteiger charge is -2.50. The summed E-state index contributed by atoms with van der Waals surface area (Å²) in [4.78, 5) is 43.6. The molecule has 1 aromatic carbocycles. The normalized spacial score (nSPS) is 22.8. The largest absolute Gasteiger partial charge is 0.483 e. The van der Waals surface area contributed by atoms with Crippen LogP contribution in [0.2, 0.25) is 0 Å². The fourth-order valence-electron chi connectivity index (χ4n) is 4.86. The number of benzene rings is 1. The van der Waals surface area contributed by atoms with Crippen molar-refractivity contribution in [1.82, 2.24) is 14.4 Å². The summed E-state index contributed by atoms with van der Waals surface area (Å²) in [6, 6.07) is 9.97. The van der Waals surface area contributed by atoms with Crippen LogP contribution in [0.25, 0.3) is 0 Å².